The molecule has 0 fully saturated rings. The number of hydrogen-bond acceptors (Lipinski definition) is 2. The zero-order valence-electron chi connectivity index (χ0n) is 10.0. The molecule has 0 unspecified atom stereocenters. The van der Waals surface area contributed by atoms with E-state index in [1.165, 1.54) is 0 Å². The summed E-state index contributed by atoms with van der Waals surface area (Å²) in [4.78, 5) is 11.4. The summed E-state index contributed by atoms with van der Waals surface area (Å²) < 4.78 is 0. The maximum atomic E-state index is 11.4. The molecule has 0 aliphatic carbocycles. The van der Waals surface area contributed by atoms with Crippen LogP contribution in [0.25, 0.3) is 0 Å². The molecule has 1 rings (SSSR count). The van der Waals surface area contributed by atoms with Crippen LogP contribution in [0.2, 0.25) is 0 Å². The van der Waals surface area contributed by atoms with E-state index in [4.69, 9.17) is 5.73 Å². The molecule has 0 aliphatic rings. The van der Waals surface area contributed by atoms with Crippen molar-refractivity contribution >= 4 is 11.6 Å². The molecule has 0 atom stereocenters. The normalized spacial score (nSPS) is 10.1. The number of carbonyl (C=O) groups excluding carboxylic acids is 1. The second kappa shape index (κ2) is 6.16. The summed E-state index contributed by atoms with van der Waals surface area (Å²) in [6.07, 6.45) is 2.26. The molecule has 1 amide bonds. The first kappa shape index (κ1) is 12.6. The van der Waals surface area contributed by atoms with Gasteiger partial charge in [0.2, 0.25) is 5.91 Å². The Morgan fingerprint density at radius 1 is 1.44 bits per heavy atom. The van der Waals surface area contributed by atoms with Crippen LogP contribution in [0.3, 0.4) is 0 Å². The van der Waals surface area contributed by atoms with E-state index in [-0.39, 0.29) is 5.91 Å². The summed E-state index contributed by atoms with van der Waals surface area (Å²) in [7, 11) is 0. The van der Waals surface area contributed by atoms with Gasteiger partial charge in [0.15, 0.2) is 0 Å². The summed E-state index contributed by atoms with van der Waals surface area (Å²) in [6, 6.07) is 5.97. The minimum atomic E-state index is 0.112. The Labute approximate surface area is 97.0 Å². The summed E-state index contributed by atoms with van der Waals surface area (Å²) in [5.41, 5.74) is 8.81. The van der Waals surface area contributed by atoms with Crippen LogP contribution < -0.4 is 11.1 Å². The predicted molar refractivity (Wildman–Crippen MR) is 67.2 cm³/mol. The minimum Gasteiger partial charge on any atom is -0.399 e. The molecule has 0 heterocycles. The number of hydrogen-bond donors (Lipinski definition) is 2. The standard InChI is InChI=1S/C13H20N2O/c1-3-8-15-13(16)7-6-11-5-4-10(2)12(14)9-11/h4-5,9H,3,6-8,14H2,1-2H3,(H,15,16). The van der Waals surface area contributed by atoms with Gasteiger partial charge in [0.1, 0.15) is 0 Å². The molecule has 0 aliphatic heterocycles. The second-order valence-electron chi connectivity index (χ2n) is 4.04. The van der Waals surface area contributed by atoms with E-state index in [1.807, 2.05) is 32.0 Å². The average Bonchev–Trinajstić information content (AvgIpc) is 2.28. The monoisotopic (exact) mass is 220 g/mol. The Bertz CT molecular complexity index is 361. The zero-order chi connectivity index (χ0) is 12.0. The van der Waals surface area contributed by atoms with E-state index in [2.05, 4.69) is 5.32 Å². The number of nitrogen functional groups attached to an aromatic ring is 1. The molecule has 88 valence electrons. The molecule has 0 saturated heterocycles. The maximum absolute atomic E-state index is 11.4. The molecule has 16 heavy (non-hydrogen) atoms. The van der Waals surface area contributed by atoms with Gasteiger partial charge in [-0.1, -0.05) is 19.1 Å². The van der Waals surface area contributed by atoms with Crippen molar-refractivity contribution in [1.29, 1.82) is 0 Å². The summed E-state index contributed by atoms with van der Waals surface area (Å²) in [5.74, 6) is 0.112. The van der Waals surface area contributed by atoms with Gasteiger partial charge in [-0.05, 0) is 37.0 Å². The molecule has 3 nitrogen and oxygen atoms in total. The number of anilines is 1. The van der Waals surface area contributed by atoms with Gasteiger partial charge in [-0.3, -0.25) is 4.79 Å². The molecule has 0 radical (unpaired) electrons. The molecule has 0 spiro atoms. The molecule has 3 heteroatoms. The van der Waals surface area contributed by atoms with Crippen molar-refractivity contribution in [3.8, 4) is 0 Å². The lowest BCUT2D eigenvalue weighted by Gasteiger charge is -2.05. The maximum Gasteiger partial charge on any atom is 0.220 e. The van der Waals surface area contributed by atoms with E-state index in [0.29, 0.717) is 6.42 Å². The highest BCUT2D eigenvalue weighted by atomic mass is 16.1. The number of carbonyl (C=O) groups is 1. The SMILES string of the molecule is CCCNC(=O)CCc1ccc(C)c(N)c1. The highest BCUT2D eigenvalue weighted by Crippen LogP contribution is 2.14. The minimum absolute atomic E-state index is 0.112. The van der Waals surface area contributed by atoms with Gasteiger partial charge in [-0.25, -0.2) is 0 Å². The van der Waals surface area contributed by atoms with E-state index >= 15 is 0 Å². The Morgan fingerprint density at radius 3 is 2.81 bits per heavy atom. The molecule has 1 aromatic rings. The highest BCUT2D eigenvalue weighted by molar-refractivity contribution is 5.76. The van der Waals surface area contributed by atoms with Crippen LogP contribution >= 0.6 is 0 Å². The van der Waals surface area contributed by atoms with Gasteiger partial charge in [-0.2, -0.15) is 0 Å². The zero-order valence-corrected chi connectivity index (χ0v) is 10.0. The van der Waals surface area contributed by atoms with Crippen LogP contribution in [0.15, 0.2) is 18.2 Å². The molecule has 0 saturated carbocycles. The van der Waals surface area contributed by atoms with Gasteiger partial charge in [0.05, 0.1) is 0 Å². The largest absolute Gasteiger partial charge is 0.399 e. The van der Waals surface area contributed by atoms with Crippen molar-refractivity contribution in [2.24, 2.45) is 0 Å². The smallest absolute Gasteiger partial charge is 0.220 e. The number of nitrogens with one attached hydrogen (secondary N) is 1. The lowest BCUT2D eigenvalue weighted by molar-refractivity contribution is -0.121. The van der Waals surface area contributed by atoms with E-state index in [9.17, 15) is 4.79 Å². The van der Waals surface area contributed by atoms with Crippen LogP contribution in [0.4, 0.5) is 5.69 Å². The third kappa shape index (κ3) is 3.93. The molecule has 1 aromatic carbocycles. The molecular formula is C13H20N2O. The Kier molecular flexibility index (Phi) is 4.83. The molecule has 0 aromatic heterocycles. The van der Waals surface area contributed by atoms with Crippen LogP contribution in [-0.4, -0.2) is 12.5 Å². The van der Waals surface area contributed by atoms with Crippen molar-refractivity contribution in [2.45, 2.75) is 33.1 Å². The van der Waals surface area contributed by atoms with Gasteiger partial charge in [-0.15, -0.1) is 0 Å². The lowest BCUT2D eigenvalue weighted by Crippen LogP contribution is -2.24. The fourth-order valence-electron chi connectivity index (χ4n) is 1.46. The summed E-state index contributed by atoms with van der Waals surface area (Å²) >= 11 is 0. The summed E-state index contributed by atoms with van der Waals surface area (Å²) in [5, 5.41) is 2.86. The average molecular weight is 220 g/mol. The van der Waals surface area contributed by atoms with E-state index < -0.39 is 0 Å². The number of nitrogens with two attached hydrogens (primary N) is 1. The van der Waals surface area contributed by atoms with Gasteiger partial charge < -0.3 is 11.1 Å². The topological polar surface area (TPSA) is 55.1 Å². The number of amides is 1. The van der Waals surface area contributed by atoms with Gasteiger partial charge in [0.25, 0.3) is 0 Å². The van der Waals surface area contributed by atoms with Crippen molar-refractivity contribution in [1.82, 2.24) is 5.32 Å². The van der Waals surface area contributed by atoms with Crippen LogP contribution in [0.5, 0.6) is 0 Å². The molecular weight excluding hydrogens is 200 g/mol. The molecule has 0 bridgehead atoms. The van der Waals surface area contributed by atoms with Crippen LogP contribution in [0, 0.1) is 6.92 Å². The van der Waals surface area contributed by atoms with Crippen molar-refractivity contribution in [3.05, 3.63) is 29.3 Å². The quantitative estimate of drug-likeness (QED) is 0.746. The number of benzene rings is 1. The first-order chi connectivity index (χ1) is 7.63. The number of rotatable bonds is 5. The highest BCUT2D eigenvalue weighted by Gasteiger charge is 2.02. The predicted octanol–water partition coefficient (Wildman–Crippen LogP) is 2.04. The van der Waals surface area contributed by atoms with Crippen LogP contribution in [-0.2, 0) is 11.2 Å². The summed E-state index contributed by atoms with van der Waals surface area (Å²) in [6.45, 7) is 4.78. The third-order valence-corrected chi connectivity index (χ3v) is 2.56. The third-order valence-electron chi connectivity index (χ3n) is 2.56. The van der Waals surface area contributed by atoms with Crippen molar-refractivity contribution in [2.75, 3.05) is 12.3 Å². The first-order valence-corrected chi connectivity index (χ1v) is 5.75. The Hall–Kier alpha value is -1.51. The fraction of sp³-hybridized carbons (Fsp3) is 0.462. The Morgan fingerprint density at radius 2 is 2.19 bits per heavy atom. The molecule has 3 N–H and O–H groups in total. The fourth-order valence-corrected chi connectivity index (χ4v) is 1.46. The lowest BCUT2D eigenvalue weighted by atomic mass is 10.1. The van der Waals surface area contributed by atoms with Gasteiger partial charge in [0, 0.05) is 18.7 Å². The van der Waals surface area contributed by atoms with Crippen molar-refractivity contribution < 1.29 is 4.79 Å². The van der Waals surface area contributed by atoms with E-state index in [0.717, 1.165) is 36.2 Å². The first-order valence-electron chi connectivity index (χ1n) is 5.75. The number of aryl methyl sites for hydroxylation is 2. The van der Waals surface area contributed by atoms with Crippen LogP contribution in [0.1, 0.15) is 30.9 Å². The Balaban J connectivity index is 2.42. The van der Waals surface area contributed by atoms with Gasteiger partial charge >= 0.3 is 0 Å². The van der Waals surface area contributed by atoms with Crippen molar-refractivity contribution in [3.63, 3.8) is 0 Å². The van der Waals surface area contributed by atoms with E-state index in [1.54, 1.807) is 0 Å². The second-order valence-corrected chi connectivity index (χ2v) is 4.04.